The highest BCUT2D eigenvalue weighted by Gasteiger charge is 2.38. The summed E-state index contributed by atoms with van der Waals surface area (Å²) in [5, 5.41) is 27.7. The number of amides is 3. The third-order valence-corrected chi connectivity index (χ3v) is 6.89. The molecule has 2 heterocycles. The lowest BCUT2D eigenvalue weighted by atomic mass is 9.84. The van der Waals surface area contributed by atoms with Crippen LogP contribution in [0, 0.1) is 17.8 Å². The lowest BCUT2D eigenvalue weighted by molar-refractivity contribution is -0.141. The predicted molar refractivity (Wildman–Crippen MR) is 141 cm³/mol. The molecule has 0 aliphatic carbocycles. The van der Waals surface area contributed by atoms with Crippen LogP contribution in [0.4, 0.5) is 5.69 Å². The number of carbonyl (C=O) groups excluding carboxylic acids is 4. The summed E-state index contributed by atoms with van der Waals surface area (Å²) >= 11 is 0. The molecular weight excluding hydrogens is 506 g/mol. The normalized spacial score (nSPS) is 16.3. The van der Waals surface area contributed by atoms with Crippen molar-refractivity contribution in [2.45, 2.75) is 66.5 Å². The number of aromatic nitrogens is 4. The van der Waals surface area contributed by atoms with Crippen molar-refractivity contribution >= 4 is 35.2 Å². The van der Waals surface area contributed by atoms with Gasteiger partial charge in [-0.1, -0.05) is 58.0 Å². The summed E-state index contributed by atoms with van der Waals surface area (Å²) in [6, 6.07) is 6.34. The second-order valence-corrected chi connectivity index (χ2v) is 9.54. The number of hydrogen-bond acceptors (Lipinski definition) is 8. The number of tetrazole rings is 1. The highest BCUT2D eigenvalue weighted by Crippen LogP contribution is 2.32. The molecule has 0 radical (unpaired) electrons. The van der Waals surface area contributed by atoms with E-state index >= 15 is 0 Å². The van der Waals surface area contributed by atoms with Gasteiger partial charge < -0.3 is 15.7 Å². The van der Waals surface area contributed by atoms with Gasteiger partial charge >= 0.3 is 5.97 Å². The highest BCUT2D eigenvalue weighted by molar-refractivity contribution is 6.05. The van der Waals surface area contributed by atoms with E-state index in [0.717, 1.165) is 5.56 Å². The van der Waals surface area contributed by atoms with E-state index < -0.39 is 41.6 Å². The SMILES string of the molecule is C.CC[C@H](C)[C@H](CC(=O)C(C)CC(=O)O)C(=O)NCC(=O)N1c2ccccc2C[C@H]1C(=O)NCc1nn[nH]n1. The standard InChI is InChI=1S/C25H33N7O6.CH4/c1-4-14(2)17(11-20(33)15(3)9-23(35)36)24(37)27-13-22(34)32-18-8-6-5-7-16(18)10-19(32)25(38)26-12-21-28-30-31-29-21;/h5-8,14-15,17,19H,4,9-13H2,1-3H3,(H,26,38)(H,27,37)(H,35,36)(H,28,29,30,31);1H4/t14-,15?,17-,19-;/m0./s1. The molecule has 1 aliphatic rings. The summed E-state index contributed by atoms with van der Waals surface area (Å²) < 4.78 is 0. The van der Waals surface area contributed by atoms with Crippen LogP contribution in [0.25, 0.3) is 0 Å². The monoisotopic (exact) mass is 543 g/mol. The molecule has 1 aliphatic heterocycles. The van der Waals surface area contributed by atoms with E-state index in [9.17, 15) is 24.0 Å². The van der Waals surface area contributed by atoms with Crippen molar-refractivity contribution in [3.8, 4) is 0 Å². The van der Waals surface area contributed by atoms with Crippen molar-refractivity contribution in [1.82, 2.24) is 31.3 Å². The van der Waals surface area contributed by atoms with Crippen molar-refractivity contribution in [2.24, 2.45) is 17.8 Å². The van der Waals surface area contributed by atoms with E-state index in [-0.39, 0.29) is 45.1 Å². The number of hydrogen-bond donors (Lipinski definition) is 4. The topological polar surface area (TPSA) is 187 Å². The number of carbonyl (C=O) groups is 5. The first-order valence-electron chi connectivity index (χ1n) is 12.5. The zero-order valence-electron chi connectivity index (χ0n) is 21.6. The van der Waals surface area contributed by atoms with Crippen LogP contribution in [0.2, 0.25) is 0 Å². The fourth-order valence-corrected chi connectivity index (χ4v) is 4.45. The minimum absolute atomic E-state index is 0. The van der Waals surface area contributed by atoms with Crippen LogP contribution < -0.4 is 15.5 Å². The number of carboxylic acid groups (broad SMARTS) is 1. The smallest absolute Gasteiger partial charge is 0.304 e. The molecule has 3 rings (SSSR count). The number of nitrogens with one attached hydrogen (secondary N) is 3. The third-order valence-electron chi connectivity index (χ3n) is 6.89. The van der Waals surface area contributed by atoms with Gasteiger partial charge in [-0.2, -0.15) is 5.21 Å². The van der Waals surface area contributed by atoms with Crippen molar-refractivity contribution < 1.29 is 29.1 Å². The van der Waals surface area contributed by atoms with Crippen molar-refractivity contribution in [3.05, 3.63) is 35.7 Å². The number of aliphatic carboxylic acids is 1. The average molecular weight is 544 g/mol. The number of ketones is 1. The van der Waals surface area contributed by atoms with Gasteiger partial charge in [0.15, 0.2) is 5.82 Å². The minimum atomic E-state index is -1.08. The molecule has 1 aromatic heterocycles. The molecular formula is C26H37N7O6. The van der Waals surface area contributed by atoms with Gasteiger partial charge in [-0.3, -0.25) is 28.9 Å². The first-order chi connectivity index (χ1) is 18.1. The van der Waals surface area contributed by atoms with E-state index in [2.05, 4.69) is 31.3 Å². The predicted octanol–water partition coefficient (Wildman–Crippen LogP) is 1.26. The number of aromatic amines is 1. The Morgan fingerprint density at radius 3 is 2.49 bits per heavy atom. The zero-order chi connectivity index (χ0) is 27.8. The van der Waals surface area contributed by atoms with E-state index in [1.807, 2.05) is 26.0 Å². The van der Waals surface area contributed by atoms with E-state index in [1.165, 1.54) is 11.8 Å². The van der Waals surface area contributed by atoms with E-state index in [1.54, 1.807) is 12.1 Å². The zero-order valence-corrected chi connectivity index (χ0v) is 21.6. The number of para-hydroxylation sites is 1. The van der Waals surface area contributed by atoms with Crippen LogP contribution in [0.15, 0.2) is 24.3 Å². The Balaban J connectivity index is 0.00000533. The van der Waals surface area contributed by atoms with E-state index in [0.29, 0.717) is 24.4 Å². The van der Waals surface area contributed by atoms with E-state index in [4.69, 9.17) is 5.11 Å². The number of anilines is 1. The van der Waals surface area contributed by atoms with Crippen molar-refractivity contribution in [2.75, 3.05) is 11.4 Å². The molecule has 13 nitrogen and oxygen atoms in total. The summed E-state index contributed by atoms with van der Waals surface area (Å²) in [5.41, 5.74) is 1.41. The molecule has 4 N–H and O–H groups in total. The van der Waals surface area contributed by atoms with Crippen LogP contribution in [-0.2, 0) is 36.9 Å². The molecule has 13 heteroatoms. The van der Waals surface area contributed by atoms with Gasteiger partial charge in [-0.05, 0) is 17.5 Å². The van der Waals surface area contributed by atoms with Gasteiger partial charge in [0, 0.05) is 30.4 Å². The van der Waals surface area contributed by atoms with Gasteiger partial charge in [-0.15, -0.1) is 10.2 Å². The van der Waals surface area contributed by atoms with Crippen LogP contribution in [0.1, 0.15) is 58.8 Å². The number of rotatable bonds is 13. The largest absolute Gasteiger partial charge is 0.481 e. The lowest BCUT2D eigenvalue weighted by Gasteiger charge is -2.26. The second-order valence-electron chi connectivity index (χ2n) is 9.54. The molecule has 0 fully saturated rings. The fourth-order valence-electron chi connectivity index (χ4n) is 4.45. The van der Waals surface area contributed by atoms with Crippen LogP contribution in [0.5, 0.6) is 0 Å². The molecule has 0 saturated heterocycles. The minimum Gasteiger partial charge on any atom is -0.481 e. The second kappa shape index (κ2) is 14.1. The molecule has 4 atom stereocenters. The fraction of sp³-hybridized carbons (Fsp3) is 0.538. The molecule has 0 spiro atoms. The van der Waals surface area contributed by atoms with Crippen LogP contribution >= 0.6 is 0 Å². The van der Waals surface area contributed by atoms with Gasteiger partial charge in [0.2, 0.25) is 17.7 Å². The van der Waals surface area contributed by atoms with Crippen LogP contribution in [0.3, 0.4) is 0 Å². The maximum atomic E-state index is 13.3. The summed E-state index contributed by atoms with van der Waals surface area (Å²) in [4.78, 5) is 64.4. The third kappa shape index (κ3) is 7.91. The number of nitrogens with zero attached hydrogens (tertiary/aromatic N) is 4. The molecule has 212 valence electrons. The van der Waals surface area contributed by atoms with Gasteiger partial charge in [0.1, 0.15) is 11.8 Å². The quantitative estimate of drug-likeness (QED) is 0.288. The number of Topliss-reactive ketones (excluding diaryl/α,β-unsaturated/α-hetero) is 1. The van der Waals surface area contributed by atoms with Crippen molar-refractivity contribution in [1.29, 1.82) is 0 Å². The Morgan fingerprint density at radius 1 is 1.13 bits per heavy atom. The summed E-state index contributed by atoms with van der Waals surface area (Å²) in [7, 11) is 0. The van der Waals surface area contributed by atoms with Gasteiger partial charge in [0.05, 0.1) is 19.5 Å². The summed E-state index contributed by atoms with van der Waals surface area (Å²) in [5.74, 6) is -4.04. The summed E-state index contributed by atoms with van der Waals surface area (Å²) in [6.07, 6.45) is 0.502. The first kappa shape index (κ1) is 31.1. The lowest BCUT2D eigenvalue weighted by Crippen LogP contribution is -2.51. The van der Waals surface area contributed by atoms with Gasteiger partial charge in [0.25, 0.3) is 0 Å². The number of H-pyrrole nitrogens is 1. The number of fused-ring (bicyclic) bond motifs is 1. The molecule has 1 unspecified atom stereocenters. The Hall–Kier alpha value is -4.16. The molecule has 2 aromatic rings. The maximum absolute atomic E-state index is 13.3. The highest BCUT2D eigenvalue weighted by atomic mass is 16.4. The number of benzene rings is 1. The van der Waals surface area contributed by atoms with Crippen molar-refractivity contribution in [3.63, 3.8) is 0 Å². The van der Waals surface area contributed by atoms with Crippen LogP contribution in [-0.4, -0.2) is 67.8 Å². The molecule has 0 saturated carbocycles. The Bertz CT molecular complexity index is 1170. The molecule has 1 aromatic carbocycles. The first-order valence-corrected chi connectivity index (χ1v) is 12.5. The molecule has 0 bridgehead atoms. The average Bonchev–Trinajstić information content (AvgIpc) is 3.55. The Labute approximate surface area is 227 Å². The molecule has 3 amide bonds. The Kier molecular flexibility index (Phi) is 11.2. The Morgan fingerprint density at radius 2 is 1.85 bits per heavy atom. The maximum Gasteiger partial charge on any atom is 0.304 e. The molecule has 39 heavy (non-hydrogen) atoms. The summed E-state index contributed by atoms with van der Waals surface area (Å²) in [6.45, 7) is 4.92. The van der Waals surface area contributed by atoms with Gasteiger partial charge in [-0.25, -0.2) is 0 Å². The number of carboxylic acids is 1.